The Morgan fingerprint density at radius 3 is 2.77 bits per heavy atom. The standard InChI is InChI=1S/C15H16N2O5/c1-21-13-11-14(19)16-10-7-3-6(7)4-9(10)17(11)5-8(12(13)18)15(20)22-2/h5-7,9-10H,3-4H2,1-2H3,(H,16,19)/t6-,7?,9-,10+/m0/s1. The molecule has 0 radical (unpaired) electrons. The van der Waals surface area contributed by atoms with Gasteiger partial charge in [0.25, 0.3) is 5.91 Å². The summed E-state index contributed by atoms with van der Waals surface area (Å²) < 4.78 is 11.5. The second-order valence-corrected chi connectivity index (χ2v) is 6.11. The third-order valence-electron chi connectivity index (χ3n) is 5.07. The van der Waals surface area contributed by atoms with E-state index in [4.69, 9.17) is 4.74 Å². The number of aromatic nitrogens is 1. The molecule has 1 aliphatic heterocycles. The molecule has 1 aromatic heterocycles. The average Bonchev–Trinajstić information content (AvgIpc) is 3.20. The third-order valence-corrected chi connectivity index (χ3v) is 5.07. The number of pyridine rings is 1. The number of nitrogens with zero attached hydrogens (tertiary/aromatic N) is 1. The van der Waals surface area contributed by atoms with Crippen LogP contribution in [0, 0.1) is 11.8 Å². The molecule has 0 spiro atoms. The highest BCUT2D eigenvalue weighted by molar-refractivity contribution is 5.98. The molecule has 3 aliphatic rings. The van der Waals surface area contributed by atoms with Crippen molar-refractivity contribution in [1.29, 1.82) is 0 Å². The monoisotopic (exact) mass is 304 g/mol. The first-order valence-corrected chi connectivity index (χ1v) is 7.29. The Balaban J connectivity index is 1.94. The molecule has 7 nitrogen and oxygen atoms in total. The minimum atomic E-state index is -0.718. The number of rotatable bonds is 2. The van der Waals surface area contributed by atoms with Crippen LogP contribution in [0.3, 0.4) is 0 Å². The molecule has 0 saturated heterocycles. The zero-order valence-corrected chi connectivity index (χ0v) is 12.3. The molecule has 2 aliphatic carbocycles. The number of carbonyl (C=O) groups excluding carboxylic acids is 2. The summed E-state index contributed by atoms with van der Waals surface area (Å²) in [5.41, 5.74) is -0.516. The molecule has 0 bridgehead atoms. The van der Waals surface area contributed by atoms with Crippen LogP contribution in [-0.4, -0.2) is 36.7 Å². The number of methoxy groups -OCH3 is 2. The normalized spacial score (nSPS) is 30.7. The van der Waals surface area contributed by atoms with Crippen LogP contribution >= 0.6 is 0 Å². The maximum absolute atomic E-state index is 12.4. The summed E-state index contributed by atoms with van der Waals surface area (Å²) in [5.74, 6) is -0.00905. The van der Waals surface area contributed by atoms with E-state index in [2.05, 4.69) is 10.1 Å². The number of hydrogen-bond donors (Lipinski definition) is 1. The van der Waals surface area contributed by atoms with E-state index < -0.39 is 11.4 Å². The average molecular weight is 304 g/mol. The van der Waals surface area contributed by atoms with Crippen molar-refractivity contribution in [3.63, 3.8) is 0 Å². The fourth-order valence-electron chi connectivity index (χ4n) is 3.97. The Bertz CT molecular complexity index is 753. The van der Waals surface area contributed by atoms with Gasteiger partial charge in [-0.1, -0.05) is 0 Å². The van der Waals surface area contributed by atoms with E-state index in [-0.39, 0.29) is 35.0 Å². The first kappa shape index (κ1) is 13.4. The maximum Gasteiger partial charge on any atom is 0.343 e. The van der Waals surface area contributed by atoms with Gasteiger partial charge in [-0.3, -0.25) is 9.59 Å². The molecule has 1 unspecified atom stereocenters. The van der Waals surface area contributed by atoms with E-state index in [1.54, 1.807) is 4.57 Å². The Morgan fingerprint density at radius 1 is 1.32 bits per heavy atom. The van der Waals surface area contributed by atoms with E-state index in [1.165, 1.54) is 20.4 Å². The number of ether oxygens (including phenoxy) is 2. The Morgan fingerprint density at radius 2 is 2.09 bits per heavy atom. The van der Waals surface area contributed by atoms with Gasteiger partial charge in [-0.2, -0.15) is 0 Å². The number of fused-ring (bicyclic) bond motifs is 5. The van der Waals surface area contributed by atoms with Crippen molar-refractivity contribution in [2.45, 2.75) is 24.9 Å². The van der Waals surface area contributed by atoms with E-state index in [1.807, 2.05) is 0 Å². The third kappa shape index (κ3) is 1.59. The lowest BCUT2D eigenvalue weighted by molar-refractivity contribution is 0.0595. The minimum Gasteiger partial charge on any atom is -0.491 e. The molecule has 1 amide bonds. The lowest BCUT2D eigenvalue weighted by atomic mass is 10.0. The van der Waals surface area contributed by atoms with Crippen molar-refractivity contribution in [2.24, 2.45) is 11.8 Å². The number of esters is 1. The molecule has 22 heavy (non-hydrogen) atoms. The van der Waals surface area contributed by atoms with Crippen molar-refractivity contribution in [2.75, 3.05) is 14.2 Å². The molecular weight excluding hydrogens is 288 g/mol. The van der Waals surface area contributed by atoms with Crippen molar-refractivity contribution in [3.05, 3.63) is 27.7 Å². The zero-order chi connectivity index (χ0) is 15.6. The molecule has 0 aromatic carbocycles. The van der Waals surface area contributed by atoms with Gasteiger partial charge in [0, 0.05) is 6.20 Å². The van der Waals surface area contributed by atoms with Crippen LogP contribution in [0.25, 0.3) is 0 Å². The van der Waals surface area contributed by atoms with Gasteiger partial charge in [0.05, 0.1) is 26.3 Å². The van der Waals surface area contributed by atoms with Crippen molar-refractivity contribution < 1.29 is 19.1 Å². The van der Waals surface area contributed by atoms with Gasteiger partial charge in [0.2, 0.25) is 5.43 Å². The van der Waals surface area contributed by atoms with E-state index >= 15 is 0 Å². The highest BCUT2D eigenvalue weighted by Gasteiger charge is 2.57. The summed E-state index contributed by atoms with van der Waals surface area (Å²) in [6, 6.07) is 0.136. The minimum absolute atomic E-state index is 0.0642. The second kappa shape index (κ2) is 4.34. The van der Waals surface area contributed by atoms with Crippen molar-refractivity contribution >= 4 is 11.9 Å². The van der Waals surface area contributed by atoms with Gasteiger partial charge < -0.3 is 19.4 Å². The van der Waals surface area contributed by atoms with Gasteiger partial charge in [-0.25, -0.2) is 4.79 Å². The van der Waals surface area contributed by atoms with E-state index in [0.29, 0.717) is 11.8 Å². The lowest BCUT2D eigenvalue weighted by Gasteiger charge is -2.34. The van der Waals surface area contributed by atoms with Crippen LogP contribution in [0.5, 0.6) is 5.75 Å². The summed E-state index contributed by atoms with van der Waals surface area (Å²) in [7, 11) is 2.54. The molecule has 1 aromatic rings. The van der Waals surface area contributed by atoms with E-state index in [9.17, 15) is 14.4 Å². The Labute approximate surface area is 126 Å². The molecule has 4 rings (SSSR count). The van der Waals surface area contributed by atoms with Crippen molar-refractivity contribution in [1.82, 2.24) is 9.88 Å². The predicted molar refractivity (Wildman–Crippen MR) is 75.1 cm³/mol. The number of amides is 1. The predicted octanol–water partition coefficient (Wildman–Crippen LogP) is 0.336. The van der Waals surface area contributed by atoms with Crippen LogP contribution in [0.15, 0.2) is 11.0 Å². The van der Waals surface area contributed by atoms with Crippen LogP contribution < -0.4 is 15.5 Å². The SMILES string of the molecule is COC(=O)c1cn2c(c(OC)c1=O)C(=O)N[C@@H]1C3C[C@H]3C[C@@H]12. The molecule has 4 atom stereocenters. The first-order valence-electron chi connectivity index (χ1n) is 7.29. The van der Waals surface area contributed by atoms with Crippen molar-refractivity contribution in [3.8, 4) is 5.75 Å². The molecule has 2 fully saturated rings. The van der Waals surface area contributed by atoms with Gasteiger partial charge in [-0.05, 0) is 24.7 Å². The van der Waals surface area contributed by atoms with Crippen LogP contribution in [-0.2, 0) is 4.74 Å². The molecular formula is C15H16N2O5. The summed E-state index contributed by atoms with van der Waals surface area (Å²) in [4.78, 5) is 36.6. The molecule has 2 saturated carbocycles. The van der Waals surface area contributed by atoms with Gasteiger partial charge in [-0.15, -0.1) is 0 Å². The summed E-state index contributed by atoms with van der Waals surface area (Å²) in [5, 5.41) is 3.00. The van der Waals surface area contributed by atoms with Crippen LogP contribution in [0.1, 0.15) is 39.7 Å². The lowest BCUT2D eigenvalue weighted by Crippen LogP contribution is -2.48. The first-order chi connectivity index (χ1) is 10.6. The van der Waals surface area contributed by atoms with Crippen LogP contribution in [0.2, 0.25) is 0 Å². The summed E-state index contributed by atoms with van der Waals surface area (Å²) in [6.07, 6.45) is 3.53. The smallest absolute Gasteiger partial charge is 0.343 e. The fourth-order valence-corrected chi connectivity index (χ4v) is 3.97. The quantitative estimate of drug-likeness (QED) is 0.796. The fraction of sp³-hybridized carbons (Fsp3) is 0.533. The maximum atomic E-state index is 12.4. The summed E-state index contributed by atoms with van der Waals surface area (Å²) in [6.45, 7) is 0. The zero-order valence-electron chi connectivity index (χ0n) is 12.3. The number of carbonyl (C=O) groups is 2. The number of nitrogens with one attached hydrogen (secondary N) is 1. The van der Waals surface area contributed by atoms with Gasteiger partial charge >= 0.3 is 5.97 Å². The number of hydrogen-bond acceptors (Lipinski definition) is 5. The van der Waals surface area contributed by atoms with Gasteiger partial charge in [0.15, 0.2) is 11.4 Å². The Kier molecular flexibility index (Phi) is 2.64. The largest absolute Gasteiger partial charge is 0.491 e. The topological polar surface area (TPSA) is 86.6 Å². The van der Waals surface area contributed by atoms with Crippen LogP contribution in [0.4, 0.5) is 0 Å². The molecule has 1 N–H and O–H groups in total. The van der Waals surface area contributed by atoms with E-state index in [0.717, 1.165) is 12.8 Å². The van der Waals surface area contributed by atoms with Gasteiger partial charge in [0.1, 0.15) is 5.56 Å². The highest BCUT2D eigenvalue weighted by atomic mass is 16.5. The Hall–Kier alpha value is -2.31. The second-order valence-electron chi connectivity index (χ2n) is 6.11. The molecule has 2 heterocycles. The molecule has 116 valence electrons. The highest BCUT2D eigenvalue weighted by Crippen LogP contribution is 2.57. The summed E-state index contributed by atoms with van der Waals surface area (Å²) >= 11 is 0. The molecule has 7 heteroatoms.